The largest absolute Gasteiger partial charge is 0.378 e. The molecule has 0 unspecified atom stereocenters. The summed E-state index contributed by atoms with van der Waals surface area (Å²) < 4.78 is 5.24. The van der Waals surface area contributed by atoms with Crippen molar-refractivity contribution >= 4 is 5.96 Å². The number of rotatable bonds is 2. The van der Waals surface area contributed by atoms with E-state index in [9.17, 15) is 0 Å². The molecule has 2 fully saturated rings. The standard InChI is InChI=1S/C11H18N4O/c12-8-11(2-1-3-11)9-14-10(13)15-4-6-16-7-5-15/h1-7,9H2,(H2,13,14). The van der Waals surface area contributed by atoms with Crippen LogP contribution in [0.3, 0.4) is 0 Å². The molecule has 2 rings (SSSR count). The van der Waals surface area contributed by atoms with E-state index in [-0.39, 0.29) is 5.41 Å². The van der Waals surface area contributed by atoms with Gasteiger partial charge in [-0.25, -0.2) is 0 Å². The SMILES string of the molecule is N#CC1(CN=C(N)N2CCOCC2)CCC1. The Morgan fingerprint density at radius 1 is 1.44 bits per heavy atom. The predicted octanol–water partition coefficient (Wildman–Crippen LogP) is 0.327. The van der Waals surface area contributed by atoms with Gasteiger partial charge in [-0.05, 0) is 12.8 Å². The van der Waals surface area contributed by atoms with Crippen LogP contribution in [-0.2, 0) is 4.74 Å². The summed E-state index contributed by atoms with van der Waals surface area (Å²) in [4.78, 5) is 6.38. The Morgan fingerprint density at radius 2 is 2.12 bits per heavy atom. The Hall–Kier alpha value is -1.28. The highest BCUT2D eigenvalue weighted by molar-refractivity contribution is 5.78. The summed E-state index contributed by atoms with van der Waals surface area (Å²) in [5, 5.41) is 9.07. The minimum Gasteiger partial charge on any atom is -0.378 e. The molecule has 0 aromatic carbocycles. The van der Waals surface area contributed by atoms with Crippen LogP contribution in [-0.4, -0.2) is 43.7 Å². The fourth-order valence-electron chi connectivity index (χ4n) is 2.03. The Kier molecular flexibility index (Phi) is 3.30. The minimum absolute atomic E-state index is 0.225. The van der Waals surface area contributed by atoms with Gasteiger partial charge in [0.1, 0.15) is 0 Å². The van der Waals surface area contributed by atoms with E-state index in [1.807, 2.05) is 4.90 Å². The quantitative estimate of drug-likeness (QED) is 0.539. The molecule has 1 heterocycles. The second-order valence-corrected chi connectivity index (χ2v) is 4.52. The van der Waals surface area contributed by atoms with Gasteiger partial charge < -0.3 is 15.4 Å². The van der Waals surface area contributed by atoms with E-state index in [1.165, 1.54) is 0 Å². The number of nitriles is 1. The molecule has 0 spiro atoms. The first kappa shape index (κ1) is 11.2. The number of aliphatic imine (C=N–C) groups is 1. The molecular formula is C11H18N4O. The van der Waals surface area contributed by atoms with Crippen molar-refractivity contribution in [3.8, 4) is 6.07 Å². The highest BCUT2D eigenvalue weighted by Gasteiger charge is 2.37. The average Bonchev–Trinajstić information content (AvgIpc) is 2.29. The fourth-order valence-corrected chi connectivity index (χ4v) is 2.03. The van der Waals surface area contributed by atoms with Crippen LogP contribution in [0.15, 0.2) is 4.99 Å². The van der Waals surface area contributed by atoms with Crippen LogP contribution in [0, 0.1) is 16.7 Å². The monoisotopic (exact) mass is 222 g/mol. The molecule has 5 heteroatoms. The normalized spacial score (nSPS) is 24.7. The van der Waals surface area contributed by atoms with E-state index < -0.39 is 0 Å². The summed E-state index contributed by atoms with van der Waals surface area (Å²) in [6.45, 7) is 3.57. The molecule has 5 nitrogen and oxygen atoms in total. The van der Waals surface area contributed by atoms with Crippen LogP contribution in [0.5, 0.6) is 0 Å². The first-order chi connectivity index (χ1) is 7.76. The van der Waals surface area contributed by atoms with Gasteiger partial charge in [0.25, 0.3) is 0 Å². The first-order valence-corrected chi connectivity index (χ1v) is 5.80. The Balaban J connectivity index is 1.88. The average molecular weight is 222 g/mol. The van der Waals surface area contributed by atoms with Gasteiger partial charge in [0.15, 0.2) is 5.96 Å². The molecule has 2 N–H and O–H groups in total. The second kappa shape index (κ2) is 4.71. The van der Waals surface area contributed by atoms with Crippen molar-refractivity contribution in [3.05, 3.63) is 0 Å². The Bertz CT molecular complexity index is 310. The molecule has 0 bridgehead atoms. The van der Waals surface area contributed by atoms with E-state index in [0.717, 1.165) is 32.4 Å². The number of nitrogens with two attached hydrogens (primary N) is 1. The highest BCUT2D eigenvalue weighted by Crippen LogP contribution is 2.40. The first-order valence-electron chi connectivity index (χ1n) is 5.80. The maximum Gasteiger partial charge on any atom is 0.191 e. The summed E-state index contributed by atoms with van der Waals surface area (Å²) in [6.07, 6.45) is 3.06. The molecule has 1 saturated carbocycles. The molecular weight excluding hydrogens is 204 g/mol. The van der Waals surface area contributed by atoms with Crippen molar-refractivity contribution in [1.82, 2.24) is 4.90 Å². The number of morpholine rings is 1. The summed E-state index contributed by atoms with van der Waals surface area (Å²) in [5.41, 5.74) is 5.67. The fraction of sp³-hybridized carbons (Fsp3) is 0.818. The van der Waals surface area contributed by atoms with E-state index in [0.29, 0.717) is 25.7 Å². The third-order valence-electron chi connectivity index (χ3n) is 3.43. The Morgan fingerprint density at radius 3 is 2.62 bits per heavy atom. The molecule has 88 valence electrons. The molecule has 0 aromatic rings. The number of guanidine groups is 1. The number of nitrogens with zero attached hydrogens (tertiary/aromatic N) is 3. The molecule has 0 radical (unpaired) electrons. The van der Waals surface area contributed by atoms with Crippen molar-refractivity contribution in [2.45, 2.75) is 19.3 Å². The molecule has 16 heavy (non-hydrogen) atoms. The molecule has 0 amide bonds. The van der Waals surface area contributed by atoms with Gasteiger partial charge >= 0.3 is 0 Å². The molecule has 1 aliphatic heterocycles. The topological polar surface area (TPSA) is 74.6 Å². The predicted molar refractivity (Wildman–Crippen MR) is 60.8 cm³/mol. The van der Waals surface area contributed by atoms with Crippen LogP contribution >= 0.6 is 0 Å². The zero-order chi connectivity index (χ0) is 11.4. The van der Waals surface area contributed by atoms with E-state index >= 15 is 0 Å². The zero-order valence-electron chi connectivity index (χ0n) is 9.48. The third-order valence-corrected chi connectivity index (χ3v) is 3.43. The maximum atomic E-state index is 9.07. The number of hydrogen-bond donors (Lipinski definition) is 1. The second-order valence-electron chi connectivity index (χ2n) is 4.52. The van der Waals surface area contributed by atoms with Gasteiger partial charge in [-0.2, -0.15) is 5.26 Å². The highest BCUT2D eigenvalue weighted by atomic mass is 16.5. The van der Waals surface area contributed by atoms with Gasteiger partial charge in [-0.15, -0.1) is 0 Å². The zero-order valence-corrected chi connectivity index (χ0v) is 9.48. The molecule has 0 atom stereocenters. The van der Waals surface area contributed by atoms with Crippen LogP contribution < -0.4 is 5.73 Å². The number of hydrogen-bond acceptors (Lipinski definition) is 3. The van der Waals surface area contributed by atoms with Crippen molar-refractivity contribution in [2.75, 3.05) is 32.8 Å². The molecule has 1 saturated heterocycles. The van der Waals surface area contributed by atoms with E-state index in [1.54, 1.807) is 0 Å². The van der Waals surface area contributed by atoms with Crippen LogP contribution in [0.25, 0.3) is 0 Å². The van der Waals surface area contributed by atoms with Gasteiger partial charge in [0.2, 0.25) is 0 Å². The van der Waals surface area contributed by atoms with Gasteiger partial charge in [-0.3, -0.25) is 4.99 Å². The van der Waals surface area contributed by atoms with E-state index in [4.69, 9.17) is 15.7 Å². The minimum atomic E-state index is -0.225. The number of ether oxygens (including phenoxy) is 1. The van der Waals surface area contributed by atoms with Crippen LogP contribution in [0.1, 0.15) is 19.3 Å². The maximum absolute atomic E-state index is 9.07. The van der Waals surface area contributed by atoms with Gasteiger partial charge in [0, 0.05) is 13.1 Å². The van der Waals surface area contributed by atoms with Crippen LogP contribution in [0.4, 0.5) is 0 Å². The van der Waals surface area contributed by atoms with Crippen molar-refractivity contribution < 1.29 is 4.74 Å². The third kappa shape index (κ3) is 2.27. The van der Waals surface area contributed by atoms with E-state index in [2.05, 4.69) is 11.1 Å². The summed E-state index contributed by atoms with van der Waals surface area (Å²) in [7, 11) is 0. The summed E-state index contributed by atoms with van der Waals surface area (Å²) >= 11 is 0. The summed E-state index contributed by atoms with van der Waals surface area (Å²) in [5.74, 6) is 0.560. The smallest absolute Gasteiger partial charge is 0.191 e. The molecule has 1 aliphatic carbocycles. The van der Waals surface area contributed by atoms with Crippen molar-refractivity contribution in [3.63, 3.8) is 0 Å². The Labute approximate surface area is 95.9 Å². The lowest BCUT2D eigenvalue weighted by molar-refractivity contribution is 0.0672. The van der Waals surface area contributed by atoms with Crippen LogP contribution in [0.2, 0.25) is 0 Å². The lowest BCUT2D eigenvalue weighted by Gasteiger charge is -2.34. The van der Waals surface area contributed by atoms with Crippen molar-refractivity contribution in [2.24, 2.45) is 16.1 Å². The molecule has 2 aliphatic rings. The van der Waals surface area contributed by atoms with Gasteiger partial charge in [-0.1, -0.05) is 6.42 Å². The van der Waals surface area contributed by atoms with Crippen molar-refractivity contribution in [1.29, 1.82) is 5.26 Å². The van der Waals surface area contributed by atoms with Gasteiger partial charge in [0.05, 0.1) is 31.2 Å². The lowest BCUT2D eigenvalue weighted by Crippen LogP contribution is -2.45. The lowest BCUT2D eigenvalue weighted by atomic mass is 9.70. The molecule has 0 aromatic heterocycles. The summed E-state index contributed by atoms with van der Waals surface area (Å²) in [6, 6.07) is 2.37.